The molecular weight excluding hydrogens is 392 g/mol. The number of likely N-dealkylation sites (N-methyl/N-ethyl adjacent to an activating group) is 1. The van der Waals surface area contributed by atoms with E-state index in [9.17, 15) is 0 Å². The molecule has 0 amide bonds. The lowest BCUT2D eigenvalue weighted by molar-refractivity contribution is 0.152. The molecule has 2 saturated heterocycles. The van der Waals surface area contributed by atoms with Gasteiger partial charge in [0.05, 0.1) is 0 Å². The number of nitrogens with zero attached hydrogens (tertiary/aromatic N) is 3. The van der Waals surface area contributed by atoms with E-state index in [2.05, 4.69) is 81.7 Å². The minimum Gasteiger partial charge on any atom is -0.371 e. The standard InChI is InChI=1S/C28H38N4/c1-30-16-18-31(19-17-30)13-5-12-29-27-10-14-32(15-11-27)28-9-4-8-25(22-28)26-20-23-6-2-3-7-24(23)21-26/h2-4,6-9,20,22,27,29H,5,10-19,21H2,1H3. The zero-order valence-electron chi connectivity index (χ0n) is 19.6. The number of nitrogens with one attached hydrogen (secondary N) is 1. The van der Waals surface area contributed by atoms with Crippen LogP contribution < -0.4 is 10.2 Å². The van der Waals surface area contributed by atoms with Crippen LogP contribution in [0.3, 0.4) is 0 Å². The number of benzene rings is 2. The third kappa shape index (κ3) is 5.25. The van der Waals surface area contributed by atoms with E-state index in [1.165, 1.54) is 79.9 Å². The number of allylic oxidation sites excluding steroid dienone is 1. The van der Waals surface area contributed by atoms with Crippen molar-refractivity contribution in [1.82, 2.24) is 15.1 Å². The van der Waals surface area contributed by atoms with Gasteiger partial charge in [-0.15, -0.1) is 0 Å². The number of hydrogen-bond acceptors (Lipinski definition) is 4. The Bertz CT molecular complexity index is 921. The van der Waals surface area contributed by atoms with Gasteiger partial charge in [-0.1, -0.05) is 42.5 Å². The Balaban J connectivity index is 1.07. The Hall–Kier alpha value is -2.14. The molecular formula is C28H38N4. The summed E-state index contributed by atoms with van der Waals surface area (Å²) in [6.07, 6.45) is 7.18. The number of piperidine rings is 1. The molecule has 0 spiro atoms. The van der Waals surface area contributed by atoms with Crippen LogP contribution >= 0.6 is 0 Å². The molecule has 4 nitrogen and oxygen atoms in total. The molecule has 2 heterocycles. The van der Waals surface area contributed by atoms with Crippen molar-refractivity contribution in [2.45, 2.75) is 31.7 Å². The average molecular weight is 431 g/mol. The minimum atomic E-state index is 0.675. The van der Waals surface area contributed by atoms with Crippen LogP contribution in [-0.4, -0.2) is 75.2 Å². The van der Waals surface area contributed by atoms with Crippen molar-refractivity contribution in [3.8, 4) is 0 Å². The number of fused-ring (bicyclic) bond motifs is 1. The number of anilines is 1. The molecule has 0 aromatic heterocycles. The van der Waals surface area contributed by atoms with Gasteiger partial charge in [-0.3, -0.25) is 0 Å². The SMILES string of the molecule is CN1CCN(CCCNC2CCN(c3cccc(C4=Cc5ccccc5C4)c3)CC2)CC1. The minimum absolute atomic E-state index is 0.675. The second-order valence-corrected chi connectivity index (χ2v) is 9.81. The third-order valence-corrected chi connectivity index (χ3v) is 7.52. The summed E-state index contributed by atoms with van der Waals surface area (Å²) in [5, 5.41) is 3.84. The highest BCUT2D eigenvalue weighted by Gasteiger charge is 2.20. The van der Waals surface area contributed by atoms with Crippen molar-refractivity contribution >= 4 is 17.3 Å². The Morgan fingerprint density at radius 2 is 1.72 bits per heavy atom. The van der Waals surface area contributed by atoms with Gasteiger partial charge in [-0.05, 0) is 80.2 Å². The number of rotatable bonds is 7. The first-order chi connectivity index (χ1) is 15.7. The lowest BCUT2D eigenvalue weighted by atomic mass is 10.0. The van der Waals surface area contributed by atoms with Crippen LogP contribution in [0.5, 0.6) is 0 Å². The summed E-state index contributed by atoms with van der Waals surface area (Å²) in [4.78, 5) is 7.63. The zero-order chi connectivity index (χ0) is 21.8. The summed E-state index contributed by atoms with van der Waals surface area (Å²) >= 11 is 0. The highest BCUT2D eigenvalue weighted by atomic mass is 15.2. The number of hydrogen-bond donors (Lipinski definition) is 1. The highest BCUT2D eigenvalue weighted by Crippen LogP contribution is 2.33. The van der Waals surface area contributed by atoms with Crippen molar-refractivity contribution in [2.75, 3.05) is 64.3 Å². The summed E-state index contributed by atoms with van der Waals surface area (Å²) < 4.78 is 0. The smallest absolute Gasteiger partial charge is 0.0372 e. The first kappa shape index (κ1) is 21.7. The molecule has 32 heavy (non-hydrogen) atoms. The molecule has 1 aliphatic carbocycles. The van der Waals surface area contributed by atoms with Crippen molar-refractivity contribution in [1.29, 1.82) is 0 Å². The van der Waals surface area contributed by atoms with Crippen LogP contribution in [0.25, 0.3) is 11.6 Å². The van der Waals surface area contributed by atoms with E-state index in [0.29, 0.717) is 6.04 Å². The third-order valence-electron chi connectivity index (χ3n) is 7.52. The Morgan fingerprint density at radius 1 is 0.906 bits per heavy atom. The molecule has 5 rings (SSSR count). The van der Waals surface area contributed by atoms with Gasteiger partial charge in [0.15, 0.2) is 0 Å². The van der Waals surface area contributed by atoms with E-state index in [4.69, 9.17) is 0 Å². The van der Waals surface area contributed by atoms with Gasteiger partial charge in [0.2, 0.25) is 0 Å². The average Bonchev–Trinajstić information content (AvgIpc) is 3.28. The fraction of sp³-hybridized carbons (Fsp3) is 0.500. The molecule has 0 unspecified atom stereocenters. The second kappa shape index (κ2) is 10.2. The van der Waals surface area contributed by atoms with Crippen molar-refractivity contribution in [2.24, 2.45) is 0 Å². The van der Waals surface area contributed by atoms with Crippen molar-refractivity contribution in [3.63, 3.8) is 0 Å². The maximum Gasteiger partial charge on any atom is 0.0372 e. The fourth-order valence-electron chi connectivity index (χ4n) is 5.39. The molecule has 170 valence electrons. The molecule has 0 bridgehead atoms. The highest BCUT2D eigenvalue weighted by molar-refractivity contribution is 5.89. The normalized spacial score (nSPS) is 20.4. The van der Waals surface area contributed by atoms with Crippen LogP contribution in [0.4, 0.5) is 5.69 Å². The largest absolute Gasteiger partial charge is 0.371 e. The van der Waals surface area contributed by atoms with Crippen LogP contribution in [0, 0.1) is 0 Å². The molecule has 2 aliphatic heterocycles. The predicted molar refractivity (Wildman–Crippen MR) is 136 cm³/mol. The maximum atomic E-state index is 3.84. The van der Waals surface area contributed by atoms with Gasteiger partial charge < -0.3 is 20.0 Å². The van der Waals surface area contributed by atoms with E-state index in [0.717, 1.165) is 26.1 Å². The summed E-state index contributed by atoms with van der Waals surface area (Å²) in [7, 11) is 2.23. The Kier molecular flexibility index (Phi) is 6.92. The van der Waals surface area contributed by atoms with Gasteiger partial charge in [0, 0.05) is 51.0 Å². The maximum absolute atomic E-state index is 3.84. The van der Waals surface area contributed by atoms with Gasteiger partial charge >= 0.3 is 0 Å². The van der Waals surface area contributed by atoms with E-state index in [1.54, 1.807) is 0 Å². The molecule has 4 heteroatoms. The van der Waals surface area contributed by atoms with Gasteiger partial charge in [-0.25, -0.2) is 0 Å². The second-order valence-electron chi connectivity index (χ2n) is 9.81. The summed E-state index contributed by atoms with van der Waals surface area (Å²) in [5.41, 5.74) is 7.04. The van der Waals surface area contributed by atoms with Crippen LogP contribution in [0.2, 0.25) is 0 Å². The first-order valence-electron chi connectivity index (χ1n) is 12.5. The van der Waals surface area contributed by atoms with Crippen molar-refractivity contribution in [3.05, 3.63) is 65.2 Å². The van der Waals surface area contributed by atoms with Gasteiger partial charge in [0.25, 0.3) is 0 Å². The zero-order valence-corrected chi connectivity index (χ0v) is 19.6. The molecule has 0 radical (unpaired) electrons. The van der Waals surface area contributed by atoms with Gasteiger partial charge in [-0.2, -0.15) is 0 Å². The molecule has 1 N–H and O–H groups in total. The predicted octanol–water partition coefficient (Wildman–Crippen LogP) is 3.98. The summed E-state index contributed by atoms with van der Waals surface area (Å²) in [6.45, 7) is 9.60. The molecule has 0 atom stereocenters. The lowest BCUT2D eigenvalue weighted by Crippen LogP contribution is -2.46. The monoisotopic (exact) mass is 430 g/mol. The van der Waals surface area contributed by atoms with Gasteiger partial charge in [0.1, 0.15) is 0 Å². The van der Waals surface area contributed by atoms with E-state index >= 15 is 0 Å². The summed E-state index contributed by atoms with van der Waals surface area (Å²) in [6, 6.07) is 18.6. The van der Waals surface area contributed by atoms with Crippen molar-refractivity contribution < 1.29 is 0 Å². The summed E-state index contributed by atoms with van der Waals surface area (Å²) in [5.74, 6) is 0. The fourth-order valence-corrected chi connectivity index (χ4v) is 5.39. The molecule has 3 aliphatic rings. The van der Waals surface area contributed by atoms with Crippen LogP contribution in [-0.2, 0) is 6.42 Å². The first-order valence-corrected chi connectivity index (χ1v) is 12.5. The van der Waals surface area contributed by atoms with Crippen LogP contribution in [0.1, 0.15) is 36.0 Å². The molecule has 2 fully saturated rings. The van der Waals surface area contributed by atoms with E-state index in [-0.39, 0.29) is 0 Å². The van der Waals surface area contributed by atoms with E-state index in [1.807, 2.05) is 0 Å². The lowest BCUT2D eigenvalue weighted by Gasteiger charge is -2.35. The quantitative estimate of drug-likeness (QED) is 0.671. The Labute approximate surface area is 193 Å². The Morgan fingerprint density at radius 3 is 2.53 bits per heavy atom. The molecule has 2 aromatic rings. The topological polar surface area (TPSA) is 21.8 Å². The number of piperazine rings is 1. The van der Waals surface area contributed by atoms with E-state index < -0.39 is 0 Å². The molecule has 2 aromatic carbocycles. The van der Waals surface area contributed by atoms with Crippen LogP contribution in [0.15, 0.2) is 48.5 Å². The molecule has 0 saturated carbocycles.